The van der Waals surface area contributed by atoms with Gasteiger partial charge in [0.25, 0.3) is 0 Å². The Kier molecular flexibility index (Phi) is 5.30. The fourth-order valence-electron chi connectivity index (χ4n) is 2.94. The van der Waals surface area contributed by atoms with Gasteiger partial charge >= 0.3 is 5.95 Å². The molecule has 0 aliphatic heterocycles. The first kappa shape index (κ1) is 17.8. The molecule has 6 heteroatoms. The Morgan fingerprint density at radius 1 is 1.16 bits per heavy atom. The van der Waals surface area contributed by atoms with Crippen molar-refractivity contribution in [3.63, 3.8) is 0 Å². The Labute approximate surface area is 156 Å². The number of nitrogen functional groups attached to an aromatic ring is 1. The van der Waals surface area contributed by atoms with E-state index in [1.807, 2.05) is 28.8 Å². The van der Waals surface area contributed by atoms with E-state index in [0.717, 1.165) is 30.4 Å². The average molecular weight is 377 g/mol. The third-order valence-electron chi connectivity index (χ3n) is 4.29. The Morgan fingerprint density at radius 3 is 2.64 bits per heavy atom. The molecule has 2 N–H and O–H groups in total. The molecule has 0 saturated heterocycles. The summed E-state index contributed by atoms with van der Waals surface area (Å²) in [7, 11) is 0. The van der Waals surface area contributed by atoms with E-state index < -0.39 is 0 Å². The highest BCUT2D eigenvalue weighted by Gasteiger charge is 2.23. The zero-order chi connectivity index (χ0) is 18.0. The molecule has 2 aromatic carbocycles. The van der Waals surface area contributed by atoms with Crippen LogP contribution in [0.3, 0.4) is 0 Å². The van der Waals surface area contributed by atoms with Gasteiger partial charge in [0.1, 0.15) is 17.6 Å². The van der Waals surface area contributed by atoms with Crippen molar-refractivity contribution in [2.75, 3.05) is 5.73 Å². The van der Waals surface area contributed by atoms with Crippen LogP contribution in [0, 0.1) is 0 Å². The highest BCUT2D eigenvalue weighted by atomic mass is 35.5. The lowest BCUT2D eigenvalue weighted by Gasteiger charge is -2.04. The number of hydrogen-bond acceptors (Lipinski definition) is 2. The lowest BCUT2D eigenvalue weighted by atomic mass is 10.1. The molecule has 1 heterocycles. The van der Waals surface area contributed by atoms with E-state index >= 15 is 0 Å². The quantitative estimate of drug-likeness (QED) is 0.508. The van der Waals surface area contributed by atoms with Crippen molar-refractivity contribution >= 4 is 46.0 Å². The van der Waals surface area contributed by atoms with Crippen molar-refractivity contribution in [3.8, 4) is 0 Å². The van der Waals surface area contributed by atoms with Gasteiger partial charge in [-0.15, -0.1) is 0 Å². The molecule has 0 aliphatic rings. The summed E-state index contributed by atoms with van der Waals surface area (Å²) in [6, 6.07) is 12.9. The van der Waals surface area contributed by atoms with E-state index in [0.29, 0.717) is 21.6 Å². The van der Waals surface area contributed by atoms with E-state index in [9.17, 15) is 4.79 Å². The number of para-hydroxylation sites is 2. The number of carbonyl (C=O) groups excluding carboxylic acids is 1. The number of carbonyl (C=O) groups is 1. The topological polar surface area (TPSA) is 51.9 Å². The molecule has 0 radical (unpaired) electrons. The standard InChI is InChI=1S/C19H19Cl2N3O/c1-2-3-10-23-16-6-4-5-7-17(16)24(19(23)22)12-18(25)13-8-9-14(20)15(21)11-13/h4-9,11,22H,2-3,10,12H2,1H3/p+1. The normalized spacial score (nSPS) is 11.2. The molecular weight excluding hydrogens is 357 g/mol. The highest BCUT2D eigenvalue weighted by molar-refractivity contribution is 6.42. The number of nitrogens with zero attached hydrogens (tertiary/aromatic N) is 2. The van der Waals surface area contributed by atoms with Crippen LogP contribution in [-0.2, 0) is 13.1 Å². The molecule has 3 aromatic rings. The van der Waals surface area contributed by atoms with Gasteiger partial charge in [-0.1, -0.05) is 48.7 Å². The molecule has 25 heavy (non-hydrogen) atoms. The van der Waals surface area contributed by atoms with Gasteiger partial charge in [0.05, 0.1) is 16.6 Å². The maximum absolute atomic E-state index is 12.7. The van der Waals surface area contributed by atoms with Crippen molar-refractivity contribution in [1.82, 2.24) is 4.57 Å². The lowest BCUT2D eigenvalue weighted by molar-refractivity contribution is -0.642. The number of aryl methyl sites for hydroxylation is 1. The largest absolute Gasteiger partial charge is 0.356 e. The second-order valence-electron chi connectivity index (χ2n) is 5.99. The molecule has 0 unspecified atom stereocenters. The highest BCUT2D eigenvalue weighted by Crippen LogP contribution is 2.23. The number of hydrogen-bond donors (Lipinski definition) is 1. The number of halogens is 2. The SMILES string of the molecule is CCCCn1c(N)[n+](CC(=O)c2ccc(Cl)c(Cl)c2)c2ccccc21. The van der Waals surface area contributed by atoms with E-state index in [4.69, 9.17) is 28.9 Å². The molecule has 0 spiro atoms. The zero-order valence-electron chi connectivity index (χ0n) is 14.0. The zero-order valence-corrected chi connectivity index (χ0v) is 15.5. The number of imidazole rings is 1. The first-order valence-electron chi connectivity index (χ1n) is 8.27. The van der Waals surface area contributed by atoms with Crippen molar-refractivity contribution < 1.29 is 9.36 Å². The summed E-state index contributed by atoms with van der Waals surface area (Å²) >= 11 is 12.0. The van der Waals surface area contributed by atoms with E-state index in [1.165, 1.54) is 0 Å². The number of fused-ring (bicyclic) bond motifs is 1. The first-order chi connectivity index (χ1) is 12.0. The van der Waals surface area contributed by atoms with E-state index in [-0.39, 0.29) is 12.3 Å². The van der Waals surface area contributed by atoms with Crippen LogP contribution in [0.1, 0.15) is 30.1 Å². The van der Waals surface area contributed by atoms with Gasteiger partial charge in [-0.25, -0.2) is 9.13 Å². The second-order valence-corrected chi connectivity index (χ2v) is 6.80. The predicted octanol–water partition coefficient (Wildman–Crippen LogP) is 4.50. The maximum Gasteiger partial charge on any atom is 0.356 e. The van der Waals surface area contributed by atoms with Gasteiger partial charge in [0.15, 0.2) is 5.78 Å². The fourth-order valence-corrected chi connectivity index (χ4v) is 3.23. The number of anilines is 1. The van der Waals surface area contributed by atoms with Crippen molar-refractivity contribution in [2.45, 2.75) is 32.9 Å². The average Bonchev–Trinajstić information content (AvgIpc) is 2.87. The van der Waals surface area contributed by atoms with Gasteiger partial charge in [0.2, 0.25) is 0 Å². The van der Waals surface area contributed by atoms with Crippen LogP contribution in [0.25, 0.3) is 11.0 Å². The minimum absolute atomic E-state index is 0.0614. The molecule has 0 amide bonds. The van der Waals surface area contributed by atoms with Gasteiger partial charge in [-0.3, -0.25) is 10.5 Å². The number of Topliss-reactive ketones (excluding diaryl/α,β-unsaturated/α-hetero) is 1. The minimum atomic E-state index is -0.0614. The number of rotatable bonds is 6. The number of unbranched alkanes of at least 4 members (excludes halogenated alkanes) is 1. The molecule has 1 aromatic heterocycles. The summed E-state index contributed by atoms with van der Waals surface area (Å²) in [4.78, 5) is 12.7. The van der Waals surface area contributed by atoms with Crippen LogP contribution in [0.2, 0.25) is 10.0 Å². The van der Waals surface area contributed by atoms with Crippen LogP contribution in [0.5, 0.6) is 0 Å². The van der Waals surface area contributed by atoms with Crippen LogP contribution in [0.15, 0.2) is 42.5 Å². The fraction of sp³-hybridized carbons (Fsp3) is 0.263. The maximum atomic E-state index is 12.7. The molecular formula is C19H20Cl2N3O+. The van der Waals surface area contributed by atoms with Crippen LogP contribution < -0.4 is 10.3 Å². The van der Waals surface area contributed by atoms with Gasteiger partial charge in [0, 0.05) is 5.56 Å². The number of aromatic nitrogens is 2. The summed E-state index contributed by atoms with van der Waals surface area (Å²) in [5, 5.41) is 0.803. The van der Waals surface area contributed by atoms with Crippen molar-refractivity contribution in [3.05, 3.63) is 58.1 Å². The lowest BCUT2D eigenvalue weighted by Crippen LogP contribution is -2.40. The summed E-state index contributed by atoms with van der Waals surface area (Å²) in [6.45, 7) is 3.13. The smallest absolute Gasteiger partial charge is 0.291 e. The van der Waals surface area contributed by atoms with Crippen molar-refractivity contribution in [2.24, 2.45) is 0 Å². The minimum Gasteiger partial charge on any atom is -0.291 e. The summed E-state index contributed by atoms with van der Waals surface area (Å²) < 4.78 is 3.93. The third-order valence-corrected chi connectivity index (χ3v) is 5.03. The molecule has 0 aliphatic carbocycles. The van der Waals surface area contributed by atoms with E-state index in [1.54, 1.807) is 18.2 Å². The Balaban J connectivity index is 1.99. The number of ketones is 1. The van der Waals surface area contributed by atoms with E-state index in [2.05, 4.69) is 11.5 Å². The molecule has 4 nitrogen and oxygen atoms in total. The van der Waals surface area contributed by atoms with Gasteiger partial charge in [-0.05, 0) is 36.8 Å². The molecule has 3 rings (SSSR count). The molecule has 130 valence electrons. The summed E-state index contributed by atoms with van der Waals surface area (Å²) in [5.74, 6) is 0.525. The van der Waals surface area contributed by atoms with Crippen LogP contribution in [-0.4, -0.2) is 10.4 Å². The number of nitrogens with two attached hydrogens (primary N) is 1. The summed E-state index contributed by atoms with van der Waals surface area (Å²) in [6.07, 6.45) is 2.11. The van der Waals surface area contributed by atoms with Crippen molar-refractivity contribution in [1.29, 1.82) is 0 Å². The Hall–Kier alpha value is -2.04. The first-order valence-corrected chi connectivity index (χ1v) is 9.03. The Morgan fingerprint density at radius 2 is 1.92 bits per heavy atom. The molecule has 0 fully saturated rings. The number of benzene rings is 2. The van der Waals surface area contributed by atoms with Crippen LogP contribution in [0.4, 0.5) is 5.95 Å². The van der Waals surface area contributed by atoms with Crippen LogP contribution >= 0.6 is 23.2 Å². The monoisotopic (exact) mass is 376 g/mol. The van der Waals surface area contributed by atoms with Gasteiger partial charge < -0.3 is 0 Å². The molecule has 0 bridgehead atoms. The third kappa shape index (κ3) is 3.51. The van der Waals surface area contributed by atoms with Gasteiger partial charge in [-0.2, -0.15) is 0 Å². The Bertz CT molecular complexity index is 934. The predicted molar refractivity (Wildman–Crippen MR) is 102 cm³/mol. The summed E-state index contributed by atoms with van der Waals surface area (Å²) in [5.41, 5.74) is 8.87. The second kappa shape index (κ2) is 7.46. The molecule has 0 saturated carbocycles. The molecule has 0 atom stereocenters.